The molecule has 0 spiro atoms. The molecule has 0 bridgehead atoms. The van der Waals surface area contributed by atoms with E-state index >= 15 is 0 Å². The largest absolute Gasteiger partial charge is 0.394 e. The normalized spacial score (nSPS) is 20.9. The first-order valence-electron chi connectivity index (χ1n) is 9.46. The summed E-state index contributed by atoms with van der Waals surface area (Å²) in [5.41, 5.74) is 0. The van der Waals surface area contributed by atoms with E-state index in [0.717, 1.165) is 0 Å². The van der Waals surface area contributed by atoms with E-state index in [1.54, 1.807) is 13.8 Å². The smallest absolute Gasteiger partial charge is 0.111 e. The van der Waals surface area contributed by atoms with E-state index in [1.807, 2.05) is 0 Å². The van der Waals surface area contributed by atoms with Crippen LogP contribution in [0.4, 0.5) is 0 Å². The summed E-state index contributed by atoms with van der Waals surface area (Å²) in [5.74, 6) is 0. The highest BCUT2D eigenvalue weighted by Crippen LogP contribution is 2.11. The van der Waals surface area contributed by atoms with E-state index < -0.39 is 62.0 Å². The van der Waals surface area contributed by atoms with E-state index in [-0.39, 0.29) is 32.3 Å². The van der Waals surface area contributed by atoms with Crippen LogP contribution in [0.15, 0.2) is 0 Å². The average molecular weight is 431 g/mol. The summed E-state index contributed by atoms with van der Waals surface area (Å²) in [6, 6.07) is 0. The third kappa shape index (κ3) is 10.4. The fourth-order valence-electron chi connectivity index (χ4n) is 2.55. The number of ether oxygens (including phenoxy) is 1. The first-order valence-corrected chi connectivity index (χ1v) is 9.46. The second-order valence-electron chi connectivity index (χ2n) is 7.28. The van der Waals surface area contributed by atoms with Crippen molar-refractivity contribution in [3.05, 3.63) is 0 Å². The molecule has 176 valence electrons. The summed E-state index contributed by atoms with van der Waals surface area (Å²) in [6.45, 7) is 1.58. The molecule has 0 rings (SSSR count). The average Bonchev–Trinajstić information content (AvgIpc) is 2.69. The highest BCUT2D eigenvalue weighted by atomic mass is 16.5. The lowest BCUT2D eigenvalue weighted by Gasteiger charge is -2.33. The van der Waals surface area contributed by atoms with Gasteiger partial charge in [0.15, 0.2) is 0 Å². The summed E-state index contributed by atoms with van der Waals surface area (Å²) < 4.78 is 5.39. The molecule has 0 aliphatic carbocycles. The lowest BCUT2D eigenvalue weighted by Crippen LogP contribution is -2.53. The van der Waals surface area contributed by atoms with Crippen molar-refractivity contribution in [2.24, 2.45) is 0 Å². The number of hydrogen-bond acceptors (Lipinski definition) is 12. The Labute approximate surface area is 169 Å². The highest BCUT2D eigenvalue weighted by molar-refractivity contribution is 4.86. The fraction of sp³-hybridized carbons (Fsp3) is 1.00. The molecule has 0 aliphatic heterocycles. The lowest BCUT2D eigenvalue weighted by molar-refractivity contribution is -0.131. The minimum Gasteiger partial charge on any atom is -0.394 e. The zero-order valence-electron chi connectivity index (χ0n) is 16.8. The topological polar surface area (TPSA) is 215 Å². The van der Waals surface area contributed by atoms with Crippen LogP contribution in [0.3, 0.4) is 0 Å². The number of hydrogen-bond donors (Lipinski definition) is 10. The predicted octanol–water partition coefficient (Wildman–Crippen LogP) is -5.41. The molecule has 12 heteroatoms. The maximum Gasteiger partial charge on any atom is 0.111 e. The fourth-order valence-corrected chi connectivity index (χ4v) is 2.55. The molecule has 8 atom stereocenters. The van der Waals surface area contributed by atoms with Gasteiger partial charge >= 0.3 is 0 Å². The quantitative estimate of drug-likeness (QED) is 0.111. The van der Waals surface area contributed by atoms with Crippen LogP contribution in [0.1, 0.15) is 13.8 Å². The van der Waals surface area contributed by atoms with Crippen LogP contribution in [-0.2, 0) is 4.74 Å². The Hall–Kier alpha value is -0.480. The van der Waals surface area contributed by atoms with Gasteiger partial charge < -0.3 is 55.8 Å². The first kappa shape index (κ1) is 28.5. The van der Waals surface area contributed by atoms with Gasteiger partial charge in [0, 0.05) is 19.6 Å². The molecule has 0 fully saturated rings. The van der Waals surface area contributed by atoms with Gasteiger partial charge in [0.05, 0.1) is 38.1 Å². The second-order valence-corrected chi connectivity index (χ2v) is 7.28. The molecule has 0 heterocycles. The van der Waals surface area contributed by atoms with Crippen LogP contribution in [0.25, 0.3) is 0 Å². The zero-order chi connectivity index (χ0) is 22.7. The van der Waals surface area contributed by atoms with Crippen molar-refractivity contribution in [2.75, 3.05) is 39.5 Å². The molecule has 0 radical (unpaired) electrons. The van der Waals surface area contributed by atoms with Gasteiger partial charge in [-0.05, 0) is 13.8 Å². The molecule has 0 aromatic rings. The Bertz CT molecular complexity index is 387. The molecular formula is C17H37NO11. The Morgan fingerprint density at radius 2 is 0.966 bits per heavy atom. The van der Waals surface area contributed by atoms with Crippen molar-refractivity contribution >= 4 is 0 Å². The summed E-state index contributed by atoms with van der Waals surface area (Å²) in [7, 11) is 0. The van der Waals surface area contributed by atoms with Gasteiger partial charge in [-0.25, -0.2) is 0 Å². The summed E-state index contributed by atoms with van der Waals surface area (Å²) >= 11 is 0. The number of nitrogens with zero attached hydrogens (tertiary/aromatic N) is 1. The number of aliphatic hydroxyl groups is 10. The van der Waals surface area contributed by atoms with Gasteiger partial charge in [0.2, 0.25) is 0 Å². The van der Waals surface area contributed by atoms with Crippen molar-refractivity contribution in [1.82, 2.24) is 4.90 Å². The first-order chi connectivity index (χ1) is 13.5. The molecule has 0 saturated carbocycles. The summed E-state index contributed by atoms with van der Waals surface area (Å²) in [6.07, 6.45) is -13.9. The number of aliphatic hydroxyl groups excluding tert-OH is 10. The van der Waals surface area contributed by atoms with E-state index in [2.05, 4.69) is 0 Å². The van der Waals surface area contributed by atoms with Gasteiger partial charge in [0.25, 0.3) is 0 Å². The third-order valence-electron chi connectivity index (χ3n) is 4.40. The van der Waals surface area contributed by atoms with Crippen molar-refractivity contribution in [3.8, 4) is 0 Å². The van der Waals surface area contributed by atoms with E-state index in [4.69, 9.17) is 14.9 Å². The summed E-state index contributed by atoms with van der Waals surface area (Å²) in [5, 5.41) is 96.0. The van der Waals surface area contributed by atoms with E-state index in [9.17, 15) is 40.9 Å². The molecule has 0 unspecified atom stereocenters. The number of rotatable bonds is 16. The van der Waals surface area contributed by atoms with Crippen LogP contribution in [0.2, 0.25) is 0 Å². The van der Waals surface area contributed by atoms with Gasteiger partial charge in [-0.15, -0.1) is 0 Å². The summed E-state index contributed by atoms with van der Waals surface area (Å²) in [4.78, 5) is 1.38. The SMILES string of the molecule is CC(C)OCCN(C[C@H](O)[C@@H](O)[C@H](O)[C@H](O)CO)C[C@H](O)[C@@H](O)[C@H](O)[C@H](O)CO. The van der Waals surface area contributed by atoms with Crippen LogP contribution in [0, 0.1) is 0 Å². The molecule has 0 aromatic carbocycles. The van der Waals surface area contributed by atoms with Crippen LogP contribution < -0.4 is 0 Å². The standard InChI is InChI=1S/C17H37NO11/c1-9(2)29-4-3-18(5-10(21)14(25)16(27)12(23)7-19)6-11(22)15(26)17(28)13(24)8-20/h9-17,19-28H,3-8H2,1-2H3/t10-,11-,12+,13+,14+,15+,16+,17+/m0/s1. The Kier molecular flexibility index (Phi) is 14.3. The molecule has 29 heavy (non-hydrogen) atoms. The van der Waals surface area contributed by atoms with Crippen molar-refractivity contribution < 1.29 is 55.8 Å². The Morgan fingerprint density at radius 3 is 1.28 bits per heavy atom. The monoisotopic (exact) mass is 431 g/mol. The van der Waals surface area contributed by atoms with Gasteiger partial charge in [0.1, 0.15) is 36.6 Å². The maximum absolute atomic E-state index is 10.1. The molecular weight excluding hydrogens is 394 g/mol. The van der Waals surface area contributed by atoms with Crippen LogP contribution in [-0.4, -0.2) is 150 Å². The van der Waals surface area contributed by atoms with Gasteiger partial charge in [-0.1, -0.05) is 0 Å². The Morgan fingerprint density at radius 1 is 0.621 bits per heavy atom. The second kappa shape index (κ2) is 14.5. The van der Waals surface area contributed by atoms with E-state index in [0.29, 0.717) is 0 Å². The third-order valence-corrected chi connectivity index (χ3v) is 4.40. The molecule has 0 aromatic heterocycles. The molecule has 10 N–H and O–H groups in total. The minimum atomic E-state index is -1.82. The zero-order valence-corrected chi connectivity index (χ0v) is 16.8. The van der Waals surface area contributed by atoms with Crippen molar-refractivity contribution in [1.29, 1.82) is 0 Å². The van der Waals surface area contributed by atoms with Crippen molar-refractivity contribution in [2.45, 2.75) is 68.8 Å². The predicted molar refractivity (Wildman–Crippen MR) is 99.8 cm³/mol. The highest BCUT2D eigenvalue weighted by Gasteiger charge is 2.34. The van der Waals surface area contributed by atoms with Crippen LogP contribution >= 0.6 is 0 Å². The van der Waals surface area contributed by atoms with Crippen molar-refractivity contribution in [3.63, 3.8) is 0 Å². The molecule has 12 nitrogen and oxygen atoms in total. The Balaban J connectivity index is 5.04. The maximum atomic E-state index is 10.1. The molecule has 0 amide bonds. The molecule has 0 aliphatic rings. The van der Waals surface area contributed by atoms with Gasteiger partial charge in [-0.3, -0.25) is 4.90 Å². The lowest BCUT2D eigenvalue weighted by atomic mass is 10.0. The van der Waals surface area contributed by atoms with Gasteiger partial charge in [-0.2, -0.15) is 0 Å². The molecule has 0 saturated heterocycles. The van der Waals surface area contributed by atoms with E-state index in [1.165, 1.54) is 4.90 Å². The van der Waals surface area contributed by atoms with Crippen LogP contribution in [0.5, 0.6) is 0 Å². The minimum absolute atomic E-state index is 0.106.